The van der Waals surface area contributed by atoms with Gasteiger partial charge in [-0.1, -0.05) is 24.3 Å². The zero-order chi connectivity index (χ0) is 27.0. The second-order valence-corrected chi connectivity index (χ2v) is 9.31. The SMILES string of the molecule is Cc1cc(Cc2cc(C)c(O)c(Cc3cc(O)c(O)cc3O)c2)cc(Cc2cc(O)c(O)cc2O)c1O. The fraction of sp³-hybridized carbons (Fsp3) is 0.172. The highest BCUT2D eigenvalue weighted by Crippen LogP contribution is 2.37. The molecule has 0 unspecified atom stereocenters. The van der Waals surface area contributed by atoms with Crippen LogP contribution < -0.4 is 0 Å². The smallest absolute Gasteiger partial charge is 0.161 e. The summed E-state index contributed by atoms with van der Waals surface area (Å²) in [6.07, 6.45) is 0.676. The third kappa shape index (κ3) is 5.28. The molecule has 0 aromatic heterocycles. The molecule has 0 aliphatic rings. The lowest BCUT2D eigenvalue weighted by Crippen LogP contribution is -1.99. The minimum atomic E-state index is -0.440. The minimum absolute atomic E-state index is 0.0564. The summed E-state index contributed by atoms with van der Waals surface area (Å²) >= 11 is 0. The lowest BCUT2D eigenvalue weighted by atomic mass is 9.92. The molecule has 0 radical (unpaired) electrons. The van der Waals surface area contributed by atoms with Gasteiger partial charge in [0.2, 0.25) is 0 Å². The maximum Gasteiger partial charge on any atom is 0.161 e. The summed E-state index contributed by atoms with van der Waals surface area (Å²) in [4.78, 5) is 0. The van der Waals surface area contributed by atoms with Gasteiger partial charge >= 0.3 is 0 Å². The van der Waals surface area contributed by atoms with Crippen molar-refractivity contribution in [3.63, 3.8) is 0 Å². The second-order valence-electron chi connectivity index (χ2n) is 9.31. The first-order valence-electron chi connectivity index (χ1n) is 11.5. The fourth-order valence-corrected chi connectivity index (χ4v) is 4.49. The number of hydrogen-bond donors (Lipinski definition) is 8. The molecule has 4 aromatic rings. The van der Waals surface area contributed by atoms with E-state index in [4.69, 9.17) is 0 Å². The zero-order valence-corrected chi connectivity index (χ0v) is 20.3. The van der Waals surface area contributed by atoms with Crippen LogP contribution in [0.25, 0.3) is 0 Å². The van der Waals surface area contributed by atoms with Crippen LogP contribution in [0.3, 0.4) is 0 Å². The van der Waals surface area contributed by atoms with Gasteiger partial charge in [0, 0.05) is 36.1 Å². The Hall–Kier alpha value is -4.72. The van der Waals surface area contributed by atoms with E-state index in [9.17, 15) is 40.9 Å². The third-order valence-corrected chi connectivity index (χ3v) is 6.40. The molecule has 0 saturated carbocycles. The molecule has 0 aliphatic carbocycles. The summed E-state index contributed by atoms with van der Waals surface area (Å²) in [6, 6.07) is 11.8. The molecule has 0 aliphatic heterocycles. The Labute approximate surface area is 213 Å². The average molecular weight is 505 g/mol. The first-order valence-corrected chi connectivity index (χ1v) is 11.5. The Balaban J connectivity index is 1.66. The third-order valence-electron chi connectivity index (χ3n) is 6.40. The Morgan fingerprint density at radius 2 is 0.730 bits per heavy atom. The molecule has 0 bridgehead atoms. The van der Waals surface area contributed by atoms with Crippen molar-refractivity contribution in [1.82, 2.24) is 0 Å². The summed E-state index contributed by atoms with van der Waals surface area (Å²) < 4.78 is 0. The van der Waals surface area contributed by atoms with Crippen molar-refractivity contribution in [2.24, 2.45) is 0 Å². The van der Waals surface area contributed by atoms with Crippen LogP contribution in [0, 0.1) is 13.8 Å². The van der Waals surface area contributed by atoms with Gasteiger partial charge in [0.1, 0.15) is 23.0 Å². The van der Waals surface area contributed by atoms with E-state index in [-0.39, 0.29) is 47.3 Å². The lowest BCUT2D eigenvalue weighted by Gasteiger charge is -2.15. The predicted octanol–water partition coefficient (Wildman–Crippen LogP) is 4.72. The van der Waals surface area contributed by atoms with Crippen molar-refractivity contribution >= 4 is 0 Å². The lowest BCUT2D eigenvalue weighted by molar-refractivity contribution is 0.394. The normalized spacial score (nSPS) is 11.1. The Morgan fingerprint density at radius 3 is 1.11 bits per heavy atom. The van der Waals surface area contributed by atoms with Gasteiger partial charge in [-0.25, -0.2) is 0 Å². The number of benzene rings is 4. The number of aromatic hydroxyl groups is 8. The number of phenols is 8. The maximum atomic E-state index is 10.6. The quantitative estimate of drug-likeness (QED) is 0.138. The summed E-state index contributed by atoms with van der Waals surface area (Å²) in [5.41, 5.74) is 4.67. The monoisotopic (exact) mass is 504 g/mol. The van der Waals surface area contributed by atoms with Crippen molar-refractivity contribution in [3.8, 4) is 46.0 Å². The van der Waals surface area contributed by atoms with Gasteiger partial charge in [0.05, 0.1) is 0 Å². The molecule has 8 heteroatoms. The molecule has 0 spiro atoms. The zero-order valence-electron chi connectivity index (χ0n) is 20.3. The molecular formula is C29H28O8. The largest absolute Gasteiger partial charge is 0.508 e. The van der Waals surface area contributed by atoms with Gasteiger partial charge < -0.3 is 40.9 Å². The van der Waals surface area contributed by atoms with E-state index in [1.807, 2.05) is 12.1 Å². The molecule has 8 nitrogen and oxygen atoms in total. The molecule has 4 aromatic carbocycles. The number of aryl methyl sites for hydroxylation is 2. The van der Waals surface area contributed by atoms with Gasteiger partial charge in [-0.3, -0.25) is 0 Å². The van der Waals surface area contributed by atoms with Crippen molar-refractivity contribution in [2.45, 2.75) is 33.1 Å². The highest BCUT2D eigenvalue weighted by molar-refractivity contribution is 5.55. The standard InChI is InChI=1S/C29H28O8/c1-14-3-16(6-20(28(14)36)8-18-10-24(32)26(34)12-22(18)30)5-17-4-15(2)29(37)21(7-17)9-19-11-25(33)27(35)13-23(19)31/h3-4,6-7,10-13,30-37H,5,8-9H2,1-2H3. The van der Waals surface area contributed by atoms with Crippen molar-refractivity contribution in [3.05, 3.63) is 93.0 Å². The molecule has 0 saturated heterocycles. The predicted molar refractivity (Wildman–Crippen MR) is 137 cm³/mol. The maximum absolute atomic E-state index is 10.6. The molecule has 37 heavy (non-hydrogen) atoms. The van der Waals surface area contributed by atoms with Gasteiger partial charge in [-0.2, -0.15) is 0 Å². The minimum Gasteiger partial charge on any atom is -0.508 e. The highest BCUT2D eigenvalue weighted by Gasteiger charge is 2.16. The topological polar surface area (TPSA) is 162 Å². The van der Waals surface area contributed by atoms with Crippen LogP contribution >= 0.6 is 0 Å². The number of rotatable bonds is 6. The van der Waals surface area contributed by atoms with Crippen molar-refractivity contribution in [1.29, 1.82) is 0 Å². The molecule has 0 amide bonds. The summed E-state index contributed by atoms with van der Waals surface area (Å²) in [5.74, 6) is -1.93. The van der Waals surface area contributed by atoms with Crippen LogP contribution in [-0.2, 0) is 19.3 Å². The van der Waals surface area contributed by atoms with Crippen LogP contribution in [0.5, 0.6) is 46.0 Å². The summed E-state index contributed by atoms with van der Waals surface area (Å²) in [5, 5.41) is 80.4. The van der Waals surface area contributed by atoms with Gasteiger partial charge in [-0.05, 0) is 65.8 Å². The summed E-state index contributed by atoms with van der Waals surface area (Å²) in [7, 11) is 0. The highest BCUT2D eigenvalue weighted by atomic mass is 16.3. The van der Waals surface area contributed by atoms with Crippen LogP contribution in [0.15, 0.2) is 48.5 Å². The van der Waals surface area contributed by atoms with Crippen molar-refractivity contribution < 1.29 is 40.9 Å². The summed E-state index contributed by atoms with van der Waals surface area (Å²) in [6.45, 7) is 3.51. The molecule has 4 rings (SSSR count). The van der Waals surface area contributed by atoms with E-state index in [2.05, 4.69) is 0 Å². The van der Waals surface area contributed by atoms with E-state index < -0.39 is 11.5 Å². The van der Waals surface area contributed by atoms with Crippen LogP contribution in [0.4, 0.5) is 0 Å². The van der Waals surface area contributed by atoms with E-state index in [0.29, 0.717) is 39.8 Å². The van der Waals surface area contributed by atoms with Crippen LogP contribution in [-0.4, -0.2) is 40.9 Å². The van der Waals surface area contributed by atoms with Crippen molar-refractivity contribution in [2.75, 3.05) is 0 Å². The van der Waals surface area contributed by atoms with E-state index in [1.165, 1.54) is 12.1 Å². The number of hydrogen-bond acceptors (Lipinski definition) is 8. The fourth-order valence-electron chi connectivity index (χ4n) is 4.49. The molecule has 8 N–H and O–H groups in total. The Kier molecular flexibility index (Phi) is 6.68. The van der Waals surface area contributed by atoms with Gasteiger partial charge in [-0.15, -0.1) is 0 Å². The van der Waals surface area contributed by atoms with E-state index >= 15 is 0 Å². The molecular weight excluding hydrogens is 476 g/mol. The number of phenolic OH excluding ortho intramolecular Hbond substituents is 8. The van der Waals surface area contributed by atoms with Gasteiger partial charge in [0.15, 0.2) is 23.0 Å². The Bertz CT molecular complexity index is 1390. The first-order chi connectivity index (χ1) is 17.4. The molecule has 192 valence electrons. The molecule has 0 atom stereocenters. The van der Waals surface area contributed by atoms with Crippen LogP contribution in [0.2, 0.25) is 0 Å². The van der Waals surface area contributed by atoms with Crippen LogP contribution in [0.1, 0.15) is 44.5 Å². The Morgan fingerprint density at radius 1 is 0.378 bits per heavy atom. The first kappa shape index (κ1) is 25.4. The molecule has 0 fully saturated rings. The molecule has 0 heterocycles. The van der Waals surface area contributed by atoms with E-state index in [0.717, 1.165) is 23.3 Å². The second kappa shape index (κ2) is 9.73. The average Bonchev–Trinajstić information content (AvgIpc) is 2.82. The van der Waals surface area contributed by atoms with Gasteiger partial charge in [0.25, 0.3) is 0 Å². The van der Waals surface area contributed by atoms with E-state index in [1.54, 1.807) is 26.0 Å².